The molecule has 0 bridgehead atoms. The number of anilines is 1. The smallest absolute Gasteiger partial charge is 0.243 e. The maximum atomic E-state index is 13.3. The van der Waals surface area contributed by atoms with Crippen molar-refractivity contribution in [2.24, 2.45) is 5.92 Å². The second-order valence-corrected chi connectivity index (χ2v) is 10.4. The summed E-state index contributed by atoms with van der Waals surface area (Å²) in [5.41, 5.74) is 2.14. The summed E-state index contributed by atoms with van der Waals surface area (Å²) >= 11 is 3.33. The molecule has 7 heteroatoms. The molecule has 1 fully saturated rings. The number of benzene rings is 2. The van der Waals surface area contributed by atoms with Crippen molar-refractivity contribution in [1.82, 2.24) is 4.31 Å². The van der Waals surface area contributed by atoms with E-state index < -0.39 is 10.0 Å². The summed E-state index contributed by atoms with van der Waals surface area (Å²) in [7, 11) is -3.60. The van der Waals surface area contributed by atoms with E-state index in [2.05, 4.69) is 28.9 Å². The van der Waals surface area contributed by atoms with Crippen LogP contribution in [0.2, 0.25) is 0 Å². The van der Waals surface area contributed by atoms with E-state index in [4.69, 9.17) is 0 Å². The van der Waals surface area contributed by atoms with Crippen molar-refractivity contribution in [1.29, 1.82) is 0 Å². The van der Waals surface area contributed by atoms with Crippen LogP contribution in [0.25, 0.3) is 0 Å². The summed E-state index contributed by atoms with van der Waals surface area (Å²) in [5, 5.41) is 0. The maximum absolute atomic E-state index is 13.3. The predicted octanol–water partition coefficient (Wildman–Crippen LogP) is 3.83. The van der Waals surface area contributed by atoms with Crippen molar-refractivity contribution in [2.75, 3.05) is 18.0 Å². The van der Waals surface area contributed by atoms with E-state index >= 15 is 0 Å². The van der Waals surface area contributed by atoms with Gasteiger partial charge in [-0.05, 0) is 62.1 Å². The third-order valence-electron chi connectivity index (χ3n) is 5.63. The van der Waals surface area contributed by atoms with Crippen LogP contribution in [-0.4, -0.2) is 37.8 Å². The summed E-state index contributed by atoms with van der Waals surface area (Å²) in [6.07, 6.45) is 2.25. The lowest BCUT2D eigenvalue weighted by molar-refractivity contribution is -0.123. The number of halogens is 1. The molecule has 5 nitrogen and oxygen atoms in total. The molecule has 1 amide bonds. The maximum Gasteiger partial charge on any atom is 0.243 e. The topological polar surface area (TPSA) is 57.7 Å². The quantitative estimate of drug-likeness (QED) is 0.696. The average molecular weight is 463 g/mol. The molecular weight excluding hydrogens is 440 g/mol. The minimum Gasteiger partial charge on any atom is -0.309 e. The Labute approximate surface area is 174 Å². The van der Waals surface area contributed by atoms with Crippen molar-refractivity contribution >= 4 is 37.5 Å². The molecule has 1 saturated heterocycles. The Bertz CT molecular complexity index is 991. The standard InChI is InChI=1S/C21H23BrN2O3S/c1-15-13-16-5-2-3-7-20(16)24(15)21(25)17-6-4-12-23(14-17)28(26,27)19-10-8-18(22)9-11-19/h2-3,5,7-11,15,17H,4,6,12-14H2,1H3/t15-,17-/m1/s1. The van der Waals surface area contributed by atoms with Gasteiger partial charge in [0.15, 0.2) is 0 Å². The van der Waals surface area contributed by atoms with Gasteiger partial charge in [-0.3, -0.25) is 4.79 Å². The normalized spacial score (nSPS) is 22.9. The van der Waals surface area contributed by atoms with Crippen LogP contribution in [0, 0.1) is 5.92 Å². The van der Waals surface area contributed by atoms with Crippen LogP contribution in [0.5, 0.6) is 0 Å². The minimum atomic E-state index is -3.60. The van der Waals surface area contributed by atoms with Gasteiger partial charge in [0.05, 0.1) is 10.8 Å². The molecule has 2 aliphatic rings. The summed E-state index contributed by atoms with van der Waals surface area (Å²) in [4.78, 5) is 15.5. The number of rotatable bonds is 3. The third-order valence-corrected chi connectivity index (χ3v) is 8.04. The number of hydrogen-bond acceptors (Lipinski definition) is 3. The van der Waals surface area contributed by atoms with Gasteiger partial charge in [-0.2, -0.15) is 4.31 Å². The largest absolute Gasteiger partial charge is 0.309 e. The van der Waals surface area contributed by atoms with Gasteiger partial charge in [0.2, 0.25) is 15.9 Å². The van der Waals surface area contributed by atoms with Crippen molar-refractivity contribution < 1.29 is 13.2 Å². The monoisotopic (exact) mass is 462 g/mol. The summed E-state index contributed by atoms with van der Waals surface area (Å²) in [6.45, 7) is 2.74. The Morgan fingerprint density at radius 3 is 2.57 bits per heavy atom. The van der Waals surface area contributed by atoms with Gasteiger partial charge in [0.25, 0.3) is 0 Å². The lowest BCUT2D eigenvalue weighted by atomic mass is 9.97. The van der Waals surface area contributed by atoms with Crippen LogP contribution in [0.3, 0.4) is 0 Å². The van der Waals surface area contributed by atoms with Crippen LogP contribution in [-0.2, 0) is 21.2 Å². The molecule has 2 heterocycles. The molecule has 2 aliphatic heterocycles. The molecule has 0 spiro atoms. The Morgan fingerprint density at radius 2 is 1.82 bits per heavy atom. The number of nitrogens with zero attached hydrogens (tertiary/aromatic N) is 2. The fourth-order valence-corrected chi connectivity index (χ4v) is 6.00. The highest BCUT2D eigenvalue weighted by atomic mass is 79.9. The molecule has 28 heavy (non-hydrogen) atoms. The molecule has 0 radical (unpaired) electrons. The zero-order valence-electron chi connectivity index (χ0n) is 15.7. The molecule has 0 N–H and O–H groups in total. The van der Waals surface area contributed by atoms with Gasteiger partial charge < -0.3 is 4.90 Å². The number of para-hydroxylation sites is 1. The second kappa shape index (κ2) is 7.61. The fraction of sp³-hybridized carbons (Fsp3) is 0.381. The highest BCUT2D eigenvalue weighted by Gasteiger charge is 2.39. The Morgan fingerprint density at radius 1 is 1.11 bits per heavy atom. The molecule has 2 aromatic carbocycles. The van der Waals surface area contributed by atoms with E-state index in [1.165, 1.54) is 9.87 Å². The molecule has 0 aromatic heterocycles. The van der Waals surface area contributed by atoms with Gasteiger partial charge in [-0.15, -0.1) is 0 Å². The molecule has 0 aliphatic carbocycles. The molecule has 0 unspecified atom stereocenters. The number of carbonyl (C=O) groups is 1. The SMILES string of the molecule is C[C@@H]1Cc2ccccc2N1C(=O)[C@@H]1CCCN(S(=O)(=O)c2ccc(Br)cc2)C1. The number of carbonyl (C=O) groups excluding carboxylic acids is 1. The second-order valence-electron chi connectivity index (χ2n) is 7.55. The van der Waals surface area contributed by atoms with Crippen molar-refractivity contribution in [3.8, 4) is 0 Å². The molecule has 4 rings (SSSR count). The van der Waals surface area contributed by atoms with Gasteiger partial charge in [0.1, 0.15) is 0 Å². The van der Waals surface area contributed by atoms with Crippen molar-refractivity contribution in [3.63, 3.8) is 0 Å². The minimum absolute atomic E-state index is 0.0353. The Hall–Kier alpha value is -1.70. The van der Waals surface area contributed by atoms with Crippen LogP contribution >= 0.6 is 15.9 Å². The molecule has 148 valence electrons. The van der Waals surface area contributed by atoms with Crippen LogP contribution in [0.1, 0.15) is 25.3 Å². The summed E-state index contributed by atoms with van der Waals surface area (Å²) in [6, 6.07) is 14.7. The van der Waals surface area contributed by atoms with E-state index in [-0.39, 0.29) is 29.3 Å². The Balaban J connectivity index is 1.56. The van der Waals surface area contributed by atoms with Crippen LogP contribution < -0.4 is 4.90 Å². The van der Waals surface area contributed by atoms with Crippen LogP contribution in [0.15, 0.2) is 57.9 Å². The van der Waals surface area contributed by atoms with Gasteiger partial charge in [-0.1, -0.05) is 34.1 Å². The average Bonchev–Trinajstić information content (AvgIpc) is 3.03. The summed E-state index contributed by atoms with van der Waals surface area (Å²) in [5.74, 6) is -0.277. The van der Waals surface area contributed by atoms with E-state index in [0.29, 0.717) is 13.0 Å². The number of fused-ring (bicyclic) bond motifs is 1. The number of hydrogen-bond donors (Lipinski definition) is 0. The number of sulfonamides is 1. The molecule has 2 aromatic rings. The first-order valence-corrected chi connectivity index (χ1v) is 11.8. The first-order chi connectivity index (χ1) is 13.4. The van der Waals surface area contributed by atoms with E-state index in [1.807, 2.05) is 23.1 Å². The van der Waals surface area contributed by atoms with E-state index in [0.717, 1.165) is 23.0 Å². The van der Waals surface area contributed by atoms with Crippen molar-refractivity contribution in [2.45, 2.75) is 37.1 Å². The van der Waals surface area contributed by atoms with Gasteiger partial charge in [0, 0.05) is 29.3 Å². The van der Waals surface area contributed by atoms with Crippen molar-refractivity contribution in [3.05, 3.63) is 58.6 Å². The third kappa shape index (κ3) is 3.51. The van der Waals surface area contributed by atoms with Gasteiger partial charge in [-0.25, -0.2) is 8.42 Å². The lowest BCUT2D eigenvalue weighted by Gasteiger charge is -2.34. The molecular formula is C21H23BrN2O3S. The Kier molecular flexibility index (Phi) is 5.33. The number of amides is 1. The molecule has 0 saturated carbocycles. The zero-order valence-corrected chi connectivity index (χ0v) is 18.1. The van der Waals surface area contributed by atoms with E-state index in [1.54, 1.807) is 24.3 Å². The number of piperidine rings is 1. The highest BCUT2D eigenvalue weighted by Crippen LogP contribution is 2.35. The fourth-order valence-electron chi connectivity index (χ4n) is 4.22. The lowest BCUT2D eigenvalue weighted by Crippen LogP contribution is -2.48. The first-order valence-electron chi connectivity index (χ1n) is 9.54. The zero-order chi connectivity index (χ0) is 19.9. The van der Waals surface area contributed by atoms with Gasteiger partial charge >= 0.3 is 0 Å². The highest BCUT2D eigenvalue weighted by molar-refractivity contribution is 9.10. The summed E-state index contributed by atoms with van der Waals surface area (Å²) < 4.78 is 28.4. The predicted molar refractivity (Wildman–Crippen MR) is 113 cm³/mol. The van der Waals surface area contributed by atoms with E-state index in [9.17, 15) is 13.2 Å². The first kappa shape index (κ1) is 19.6. The molecule has 2 atom stereocenters. The van der Waals surface area contributed by atoms with Crippen LogP contribution in [0.4, 0.5) is 5.69 Å².